The highest BCUT2D eigenvalue weighted by atomic mass is 16.4. The Morgan fingerprint density at radius 2 is 1.84 bits per heavy atom. The Morgan fingerprint density at radius 1 is 1.21 bits per heavy atom. The van der Waals surface area contributed by atoms with E-state index in [1.165, 1.54) is 12.8 Å². The number of carboxylic acids is 1. The second-order valence-corrected chi connectivity index (χ2v) is 6.12. The van der Waals surface area contributed by atoms with Crippen LogP contribution < -0.4 is 10.6 Å². The van der Waals surface area contributed by atoms with E-state index in [4.69, 9.17) is 5.11 Å². The van der Waals surface area contributed by atoms with Crippen LogP contribution in [-0.4, -0.2) is 30.2 Å². The normalized spacial score (nSPS) is 17.9. The second kappa shape index (κ2) is 6.78. The van der Waals surface area contributed by atoms with Crippen molar-refractivity contribution in [2.24, 2.45) is 17.3 Å². The first-order valence-electron chi connectivity index (χ1n) is 7.09. The first-order chi connectivity index (χ1) is 8.85. The van der Waals surface area contributed by atoms with Gasteiger partial charge in [0.15, 0.2) is 0 Å². The van der Waals surface area contributed by atoms with Gasteiger partial charge >= 0.3 is 12.0 Å². The standard InChI is InChI=1S/C14H26N2O3/c1-10(2)14(6-7-14)9-16-13(19)15-8-11(3)4-5-12(17)18/h10-11H,4-9H2,1-3H3,(H,17,18)(H2,15,16,19). The fourth-order valence-electron chi connectivity index (χ4n) is 2.18. The van der Waals surface area contributed by atoms with E-state index in [0.717, 1.165) is 6.54 Å². The molecule has 0 spiro atoms. The van der Waals surface area contributed by atoms with Crippen LogP contribution in [0.3, 0.4) is 0 Å². The monoisotopic (exact) mass is 270 g/mol. The van der Waals surface area contributed by atoms with Gasteiger partial charge in [-0.2, -0.15) is 0 Å². The number of hydrogen-bond donors (Lipinski definition) is 3. The maximum atomic E-state index is 11.6. The fraction of sp³-hybridized carbons (Fsp3) is 0.857. The molecule has 2 amide bonds. The van der Waals surface area contributed by atoms with Gasteiger partial charge in [-0.05, 0) is 36.5 Å². The molecule has 0 aromatic rings. The van der Waals surface area contributed by atoms with Crippen molar-refractivity contribution in [3.05, 3.63) is 0 Å². The Balaban J connectivity index is 2.13. The topological polar surface area (TPSA) is 78.4 Å². The molecule has 5 nitrogen and oxygen atoms in total. The van der Waals surface area contributed by atoms with E-state index in [1.807, 2.05) is 6.92 Å². The van der Waals surface area contributed by atoms with E-state index >= 15 is 0 Å². The number of urea groups is 1. The van der Waals surface area contributed by atoms with E-state index in [1.54, 1.807) is 0 Å². The molecule has 1 unspecified atom stereocenters. The van der Waals surface area contributed by atoms with Crippen molar-refractivity contribution < 1.29 is 14.7 Å². The van der Waals surface area contributed by atoms with Gasteiger partial charge in [-0.25, -0.2) is 4.79 Å². The van der Waals surface area contributed by atoms with Gasteiger partial charge in [-0.1, -0.05) is 20.8 Å². The molecular weight excluding hydrogens is 244 g/mol. The molecule has 3 N–H and O–H groups in total. The van der Waals surface area contributed by atoms with Gasteiger partial charge in [0, 0.05) is 19.5 Å². The summed E-state index contributed by atoms with van der Waals surface area (Å²) >= 11 is 0. The third-order valence-electron chi connectivity index (χ3n) is 4.18. The fourth-order valence-corrected chi connectivity index (χ4v) is 2.18. The first-order valence-corrected chi connectivity index (χ1v) is 7.09. The predicted octanol–water partition coefficient (Wildman–Crippen LogP) is 2.22. The van der Waals surface area contributed by atoms with Gasteiger partial charge in [0.2, 0.25) is 0 Å². The molecule has 0 aromatic carbocycles. The number of aliphatic carboxylic acids is 1. The SMILES string of the molecule is CC(CCC(=O)O)CNC(=O)NCC1(C(C)C)CC1. The zero-order chi connectivity index (χ0) is 14.5. The van der Waals surface area contributed by atoms with E-state index in [-0.39, 0.29) is 18.4 Å². The van der Waals surface area contributed by atoms with Crippen LogP contribution in [0, 0.1) is 17.3 Å². The van der Waals surface area contributed by atoms with Crippen molar-refractivity contribution in [2.75, 3.05) is 13.1 Å². The number of hydrogen-bond acceptors (Lipinski definition) is 2. The van der Waals surface area contributed by atoms with E-state index in [2.05, 4.69) is 24.5 Å². The molecule has 1 aliphatic rings. The van der Waals surface area contributed by atoms with Crippen LogP contribution in [0.4, 0.5) is 4.79 Å². The Hall–Kier alpha value is -1.26. The molecule has 0 radical (unpaired) electrons. The van der Waals surface area contributed by atoms with Crippen molar-refractivity contribution in [3.8, 4) is 0 Å². The summed E-state index contributed by atoms with van der Waals surface area (Å²) in [6.45, 7) is 7.59. The molecule has 1 aliphatic carbocycles. The Labute approximate surface area is 115 Å². The highest BCUT2D eigenvalue weighted by Crippen LogP contribution is 2.51. The van der Waals surface area contributed by atoms with Crippen LogP contribution >= 0.6 is 0 Å². The first kappa shape index (κ1) is 15.8. The summed E-state index contributed by atoms with van der Waals surface area (Å²) in [5.74, 6) is -0.00645. The number of carbonyl (C=O) groups excluding carboxylic acids is 1. The molecule has 0 heterocycles. The summed E-state index contributed by atoms with van der Waals surface area (Å²) in [5, 5.41) is 14.3. The van der Waals surface area contributed by atoms with E-state index in [9.17, 15) is 9.59 Å². The van der Waals surface area contributed by atoms with Crippen molar-refractivity contribution in [1.82, 2.24) is 10.6 Å². The maximum Gasteiger partial charge on any atom is 0.314 e. The van der Waals surface area contributed by atoms with Crippen LogP contribution in [0.5, 0.6) is 0 Å². The maximum absolute atomic E-state index is 11.6. The lowest BCUT2D eigenvalue weighted by Crippen LogP contribution is -2.41. The summed E-state index contributed by atoms with van der Waals surface area (Å²) < 4.78 is 0. The number of amides is 2. The third kappa shape index (κ3) is 5.49. The lowest BCUT2D eigenvalue weighted by atomic mass is 9.92. The zero-order valence-electron chi connectivity index (χ0n) is 12.2. The van der Waals surface area contributed by atoms with Crippen molar-refractivity contribution >= 4 is 12.0 Å². The number of nitrogens with one attached hydrogen (secondary N) is 2. The van der Waals surface area contributed by atoms with Crippen LogP contribution in [0.25, 0.3) is 0 Å². The highest BCUT2D eigenvalue weighted by molar-refractivity contribution is 5.73. The molecule has 1 atom stereocenters. The van der Waals surface area contributed by atoms with E-state index in [0.29, 0.717) is 24.3 Å². The molecule has 0 bridgehead atoms. The van der Waals surface area contributed by atoms with Crippen LogP contribution in [0.1, 0.15) is 46.5 Å². The third-order valence-corrected chi connectivity index (χ3v) is 4.18. The largest absolute Gasteiger partial charge is 0.481 e. The van der Waals surface area contributed by atoms with Gasteiger partial charge in [0.05, 0.1) is 0 Å². The molecule has 1 fully saturated rings. The zero-order valence-corrected chi connectivity index (χ0v) is 12.2. The smallest absolute Gasteiger partial charge is 0.314 e. The minimum Gasteiger partial charge on any atom is -0.481 e. The van der Waals surface area contributed by atoms with Crippen molar-refractivity contribution in [1.29, 1.82) is 0 Å². The molecule has 1 rings (SSSR count). The quantitative estimate of drug-likeness (QED) is 0.633. The van der Waals surface area contributed by atoms with Gasteiger partial charge in [-0.3, -0.25) is 4.79 Å². The average molecular weight is 270 g/mol. The summed E-state index contributed by atoms with van der Waals surface area (Å²) in [7, 11) is 0. The Morgan fingerprint density at radius 3 is 2.32 bits per heavy atom. The molecule has 5 heteroatoms. The van der Waals surface area contributed by atoms with Gasteiger partial charge in [0.25, 0.3) is 0 Å². The minimum atomic E-state index is -0.788. The van der Waals surface area contributed by atoms with Crippen LogP contribution in [-0.2, 0) is 4.79 Å². The molecule has 110 valence electrons. The summed E-state index contributed by atoms with van der Waals surface area (Å²) in [5.41, 5.74) is 0.312. The van der Waals surface area contributed by atoms with Crippen LogP contribution in [0.15, 0.2) is 0 Å². The number of carbonyl (C=O) groups is 2. The molecule has 0 saturated heterocycles. The number of rotatable bonds is 8. The minimum absolute atomic E-state index is 0.144. The molecular formula is C14H26N2O3. The molecule has 0 aliphatic heterocycles. The second-order valence-electron chi connectivity index (χ2n) is 6.12. The molecule has 1 saturated carbocycles. The lowest BCUT2D eigenvalue weighted by molar-refractivity contribution is -0.137. The highest BCUT2D eigenvalue weighted by Gasteiger charge is 2.45. The average Bonchev–Trinajstić information content (AvgIpc) is 3.12. The molecule has 19 heavy (non-hydrogen) atoms. The van der Waals surface area contributed by atoms with Gasteiger partial charge in [0.1, 0.15) is 0 Å². The van der Waals surface area contributed by atoms with Gasteiger partial charge < -0.3 is 15.7 Å². The summed E-state index contributed by atoms with van der Waals surface area (Å²) in [6.07, 6.45) is 3.13. The summed E-state index contributed by atoms with van der Waals surface area (Å²) in [4.78, 5) is 22.1. The van der Waals surface area contributed by atoms with Gasteiger partial charge in [-0.15, -0.1) is 0 Å². The predicted molar refractivity (Wildman–Crippen MR) is 73.9 cm³/mol. The van der Waals surface area contributed by atoms with Crippen molar-refractivity contribution in [3.63, 3.8) is 0 Å². The Bertz CT molecular complexity index is 325. The van der Waals surface area contributed by atoms with E-state index < -0.39 is 5.97 Å². The molecule has 0 aromatic heterocycles. The number of carboxylic acid groups (broad SMARTS) is 1. The van der Waals surface area contributed by atoms with Crippen LogP contribution in [0.2, 0.25) is 0 Å². The summed E-state index contributed by atoms with van der Waals surface area (Å²) in [6, 6.07) is -0.144. The van der Waals surface area contributed by atoms with Crippen molar-refractivity contribution in [2.45, 2.75) is 46.5 Å². The lowest BCUT2D eigenvalue weighted by Gasteiger charge is -2.20. The Kier molecular flexibility index (Phi) is 5.63.